The van der Waals surface area contributed by atoms with E-state index < -0.39 is 5.91 Å². The van der Waals surface area contributed by atoms with Crippen molar-refractivity contribution in [1.82, 2.24) is 0 Å². The normalized spacial score (nSPS) is 16.4. The van der Waals surface area contributed by atoms with Crippen molar-refractivity contribution < 1.29 is 4.79 Å². The molecule has 0 radical (unpaired) electrons. The van der Waals surface area contributed by atoms with Crippen LogP contribution in [0.2, 0.25) is 0 Å². The van der Waals surface area contributed by atoms with Crippen molar-refractivity contribution in [2.75, 3.05) is 11.4 Å². The number of benzene rings is 3. The van der Waals surface area contributed by atoms with Crippen LogP contribution in [0.4, 0.5) is 5.69 Å². The maximum atomic E-state index is 11.3. The molecular weight excluding hydrogens is 356 g/mol. The molecule has 0 aliphatic carbocycles. The van der Waals surface area contributed by atoms with Gasteiger partial charge in [-0.15, -0.1) is 0 Å². The predicted octanol–water partition coefficient (Wildman–Crippen LogP) is 5.92. The second kappa shape index (κ2) is 8.12. The van der Waals surface area contributed by atoms with Gasteiger partial charge in [0, 0.05) is 17.8 Å². The van der Waals surface area contributed by atoms with Gasteiger partial charge in [0.2, 0.25) is 5.91 Å². The zero-order chi connectivity index (χ0) is 20.4. The van der Waals surface area contributed by atoms with E-state index in [4.69, 9.17) is 5.73 Å². The Hall–Kier alpha value is -3.07. The lowest BCUT2D eigenvalue weighted by atomic mass is 9.91. The summed E-state index contributed by atoms with van der Waals surface area (Å²) in [7, 11) is 0. The van der Waals surface area contributed by atoms with Crippen LogP contribution in [-0.2, 0) is 0 Å². The van der Waals surface area contributed by atoms with Crippen LogP contribution in [0.3, 0.4) is 0 Å². The maximum absolute atomic E-state index is 11.3. The number of rotatable bonds is 5. The van der Waals surface area contributed by atoms with E-state index >= 15 is 0 Å². The number of hydrogen-bond acceptors (Lipinski definition) is 2. The molecule has 3 heteroatoms. The van der Waals surface area contributed by atoms with Gasteiger partial charge in [0.25, 0.3) is 0 Å². The number of primary amides is 1. The zero-order valence-corrected chi connectivity index (χ0v) is 17.1. The zero-order valence-electron chi connectivity index (χ0n) is 17.1. The largest absolute Gasteiger partial charge is 0.366 e. The first-order valence-corrected chi connectivity index (χ1v) is 10.4. The van der Waals surface area contributed by atoms with E-state index in [9.17, 15) is 4.79 Å². The lowest BCUT2D eigenvalue weighted by Gasteiger charge is -2.29. The molecule has 0 saturated carbocycles. The highest BCUT2D eigenvalue weighted by molar-refractivity contribution is 5.93. The van der Waals surface area contributed by atoms with Gasteiger partial charge in [-0.3, -0.25) is 4.79 Å². The molecule has 2 N–H and O–H groups in total. The van der Waals surface area contributed by atoms with E-state index in [1.165, 1.54) is 29.7 Å². The van der Waals surface area contributed by atoms with Crippen LogP contribution >= 0.6 is 0 Å². The van der Waals surface area contributed by atoms with Crippen molar-refractivity contribution >= 4 is 11.6 Å². The summed E-state index contributed by atoms with van der Waals surface area (Å²) >= 11 is 0. The Bertz CT molecular complexity index is 990. The third kappa shape index (κ3) is 3.91. The van der Waals surface area contributed by atoms with E-state index in [0.29, 0.717) is 17.5 Å². The monoisotopic (exact) mass is 384 g/mol. The van der Waals surface area contributed by atoms with Crippen molar-refractivity contribution in [2.45, 2.75) is 38.6 Å². The van der Waals surface area contributed by atoms with Crippen molar-refractivity contribution in [3.8, 4) is 11.1 Å². The summed E-state index contributed by atoms with van der Waals surface area (Å²) in [6, 6.07) is 25.6. The Morgan fingerprint density at radius 3 is 2.17 bits per heavy atom. The van der Waals surface area contributed by atoms with Gasteiger partial charge in [-0.1, -0.05) is 62.4 Å². The minimum Gasteiger partial charge on any atom is -0.366 e. The summed E-state index contributed by atoms with van der Waals surface area (Å²) < 4.78 is 0. The van der Waals surface area contributed by atoms with E-state index in [1.807, 2.05) is 12.1 Å². The van der Waals surface area contributed by atoms with Crippen molar-refractivity contribution in [1.29, 1.82) is 0 Å². The van der Waals surface area contributed by atoms with Gasteiger partial charge in [0.05, 0.1) is 6.04 Å². The molecule has 4 rings (SSSR count). The average Bonchev–Trinajstić information content (AvgIpc) is 3.23. The number of amides is 1. The molecular formula is C26H28N2O. The van der Waals surface area contributed by atoms with E-state index in [-0.39, 0.29) is 0 Å². The molecule has 148 valence electrons. The Balaban J connectivity index is 1.59. The van der Waals surface area contributed by atoms with Crippen molar-refractivity contribution in [2.24, 2.45) is 5.73 Å². The van der Waals surface area contributed by atoms with Crippen LogP contribution in [0.25, 0.3) is 11.1 Å². The van der Waals surface area contributed by atoms with Crippen LogP contribution in [0.5, 0.6) is 0 Å². The van der Waals surface area contributed by atoms with Gasteiger partial charge < -0.3 is 10.6 Å². The number of nitrogens with two attached hydrogens (primary N) is 1. The molecule has 1 amide bonds. The fraction of sp³-hybridized carbons (Fsp3) is 0.269. The van der Waals surface area contributed by atoms with Gasteiger partial charge >= 0.3 is 0 Å². The fourth-order valence-corrected chi connectivity index (χ4v) is 4.41. The summed E-state index contributed by atoms with van der Waals surface area (Å²) in [6.45, 7) is 5.64. The molecule has 1 aliphatic rings. The quantitative estimate of drug-likeness (QED) is 0.594. The highest BCUT2D eigenvalue weighted by Gasteiger charge is 2.28. The van der Waals surface area contributed by atoms with E-state index in [1.54, 1.807) is 12.1 Å². The molecule has 0 unspecified atom stereocenters. The van der Waals surface area contributed by atoms with Crippen molar-refractivity contribution in [3.05, 3.63) is 89.5 Å². The van der Waals surface area contributed by atoms with Crippen molar-refractivity contribution in [3.63, 3.8) is 0 Å². The minimum atomic E-state index is -0.395. The number of hydrogen-bond donors (Lipinski definition) is 1. The molecule has 0 spiro atoms. The minimum absolute atomic E-state index is 0.395. The Morgan fingerprint density at radius 1 is 0.931 bits per heavy atom. The lowest BCUT2D eigenvalue weighted by molar-refractivity contribution is 0.100. The molecule has 29 heavy (non-hydrogen) atoms. The Kier molecular flexibility index (Phi) is 5.39. The molecule has 0 bridgehead atoms. The summed E-state index contributed by atoms with van der Waals surface area (Å²) in [5.41, 5.74) is 12.3. The van der Waals surface area contributed by atoms with Crippen LogP contribution in [0, 0.1) is 0 Å². The third-order valence-corrected chi connectivity index (χ3v) is 5.93. The number of nitrogens with zero attached hydrogens (tertiary/aromatic N) is 1. The third-order valence-electron chi connectivity index (χ3n) is 5.93. The van der Waals surface area contributed by atoms with Crippen LogP contribution in [0.15, 0.2) is 72.8 Å². The van der Waals surface area contributed by atoms with Gasteiger partial charge in [0.1, 0.15) is 0 Å². The second-order valence-electron chi connectivity index (χ2n) is 8.12. The van der Waals surface area contributed by atoms with Gasteiger partial charge in [-0.05, 0) is 65.3 Å². The average molecular weight is 385 g/mol. The summed E-state index contributed by atoms with van der Waals surface area (Å²) in [4.78, 5) is 13.8. The van der Waals surface area contributed by atoms with Crippen LogP contribution in [-0.4, -0.2) is 12.5 Å². The first-order chi connectivity index (χ1) is 14.0. The lowest BCUT2D eigenvalue weighted by Crippen LogP contribution is -2.23. The van der Waals surface area contributed by atoms with Gasteiger partial charge in [-0.25, -0.2) is 0 Å². The number of carbonyl (C=O) groups is 1. The second-order valence-corrected chi connectivity index (χ2v) is 8.12. The smallest absolute Gasteiger partial charge is 0.248 e. The fourth-order valence-electron chi connectivity index (χ4n) is 4.41. The Morgan fingerprint density at radius 2 is 1.55 bits per heavy atom. The number of anilines is 1. The highest BCUT2D eigenvalue weighted by Crippen LogP contribution is 2.39. The molecule has 3 nitrogen and oxygen atoms in total. The van der Waals surface area contributed by atoms with E-state index in [2.05, 4.69) is 67.3 Å². The molecule has 3 aromatic rings. The SMILES string of the molecule is CC(C)c1ccccc1[C@@H]1CCCN1c1ccc(-c2ccc(C(N)=O)cc2)cc1. The molecule has 1 heterocycles. The van der Waals surface area contributed by atoms with Gasteiger partial charge in [-0.2, -0.15) is 0 Å². The van der Waals surface area contributed by atoms with Gasteiger partial charge in [0.15, 0.2) is 0 Å². The molecule has 0 aromatic heterocycles. The summed E-state index contributed by atoms with van der Waals surface area (Å²) in [6.07, 6.45) is 2.41. The molecule has 1 aliphatic heterocycles. The van der Waals surface area contributed by atoms with Crippen LogP contribution in [0.1, 0.15) is 60.1 Å². The number of carbonyl (C=O) groups excluding carboxylic acids is 1. The first-order valence-electron chi connectivity index (χ1n) is 10.4. The van der Waals surface area contributed by atoms with Crippen LogP contribution < -0.4 is 10.6 Å². The molecule has 3 aromatic carbocycles. The molecule has 1 atom stereocenters. The summed E-state index contributed by atoms with van der Waals surface area (Å²) in [5.74, 6) is 0.132. The highest BCUT2D eigenvalue weighted by atomic mass is 16.1. The topological polar surface area (TPSA) is 46.3 Å². The first kappa shape index (κ1) is 19.3. The summed E-state index contributed by atoms with van der Waals surface area (Å²) in [5, 5.41) is 0. The maximum Gasteiger partial charge on any atom is 0.248 e. The molecule has 1 fully saturated rings. The predicted molar refractivity (Wildman–Crippen MR) is 120 cm³/mol. The van der Waals surface area contributed by atoms with E-state index in [0.717, 1.165) is 17.7 Å². The molecule has 1 saturated heterocycles. The Labute approximate surface area is 173 Å². The standard InChI is InChI=1S/C26H28N2O/c1-18(2)23-6-3-4-7-24(23)25-8-5-17-28(25)22-15-13-20(14-16-22)19-9-11-21(12-10-19)26(27)29/h3-4,6-7,9-16,18,25H,5,8,17H2,1-2H3,(H2,27,29)/t25-/m0/s1.